The molecule has 0 radical (unpaired) electrons. The quantitative estimate of drug-likeness (QED) is 0.669. The highest BCUT2D eigenvalue weighted by Gasteiger charge is 2.73. The summed E-state index contributed by atoms with van der Waals surface area (Å²) in [5, 5.41) is -6.10. The smallest absolute Gasteiger partial charge is 0.333 e. The Labute approximate surface area is 111 Å². The SMILES string of the molecule is FC(F)(F)C(F)(F)C(F)(F)Sc1nc2ccccc2[nH]1. The fraction of sp³-hybridized carbons (Fsp3) is 0.300. The van der Waals surface area contributed by atoms with Crippen LogP contribution < -0.4 is 0 Å². The molecule has 10 heteroatoms. The Bertz CT molecular complexity index is 586. The first-order valence-electron chi connectivity index (χ1n) is 5.01. The van der Waals surface area contributed by atoms with Crippen LogP contribution in [0.3, 0.4) is 0 Å². The highest BCUT2D eigenvalue weighted by Crippen LogP contribution is 2.53. The van der Waals surface area contributed by atoms with Gasteiger partial charge in [-0.2, -0.15) is 30.7 Å². The number of thioether (sulfide) groups is 1. The van der Waals surface area contributed by atoms with Gasteiger partial charge >= 0.3 is 17.4 Å². The van der Waals surface area contributed by atoms with Gasteiger partial charge in [0.25, 0.3) is 0 Å². The normalized spacial score (nSPS) is 13.9. The van der Waals surface area contributed by atoms with Crippen molar-refractivity contribution < 1.29 is 30.7 Å². The van der Waals surface area contributed by atoms with Crippen LogP contribution in [0.5, 0.6) is 0 Å². The van der Waals surface area contributed by atoms with E-state index in [1.807, 2.05) is 0 Å². The molecule has 0 fully saturated rings. The molecule has 1 aromatic heterocycles. The molecule has 0 unspecified atom stereocenters. The number of nitrogens with zero attached hydrogens (tertiary/aromatic N) is 1. The van der Waals surface area contributed by atoms with Crippen LogP contribution in [0.4, 0.5) is 30.7 Å². The van der Waals surface area contributed by atoms with Gasteiger partial charge in [0.05, 0.1) is 11.0 Å². The third-order valence-corrected chi connectivity index (χ3v) is 3.21. The van der Waals surface area contributed by atoms with Crippen molar-refractivity contribution in [2.75, 3.05) is 0 Å². The van der Waals surface area contributed by atoms with E-state index in [4.69, 9.17) is 0 Å². The Kier molecular flexibility index (Phi) is 3.39. The van der Waals surface area contributed by atoms with Crippen LogP contribution in [-0.4, -0.2) is 27.3 Å². The van der Waals surface area contributed by atoms with Gasteiger partial charge in [-0.25, -0.2) is 4.98 Å². The molecule has 1 heterocycles. The first-order valence-corrected chi connectivity index (χ1v) is 5.82. The van der Waals surface area contributed by atoms with Crippen LogP contribution in [0.2, 0.25) is 0 Å². The molecular formula is C10H5F7N2S. The maximum atomic E-state index is 13.1. The number of fused-ring (bicyclic) bond motifs is 1. The second-order valence-corrected chi connectivity index (χ2v) is 4.85. The molecule has 20 heavy (non-hydrogen) atoms. The standard InChI is InChI=1S/C10H5F7N2S/c11-8(12,9(13,14)15)10(16,17)20-7-18-5-3-1-2-4-6(5)19-7/h1-4H,(H,18,19). The molecule has 0 saturated carbocycles. The molecular weight excluding hydrogens is 313 g/mol. The van der Waals surface area contributed by atoms with Crippen molar-refractivity contribution in [3.05, 3.63) is 24.3 Å². The second-order valence-electron chi connectivity index (χ2n) is 3.75. The molecule has 2 nitrogen and oxygen atoms in total. The summed E-state index contributed by atoms with van der Waals surface area (Å²) in [4.78, 5) is 5.77. The van der Waals surface area contributed by atoms with Crippen LogP contribution in [0.15, 0.2) is 29.4 Å². The molecule has 2 aromatic rings. The number of aromatic nitrogens is 2. The zero-order valence-corrected chi connectivity index (χ0v) is 10.1. The minimum absolute atomic E-state index is 0.182. The number of aromatic amines is 1. The molecule has 110 valence electrons. The van der Waals surface area contributed by atoms with Crippen molar-refractivity contribution in [1.82, 2.24) is 9.97 Å². The highest BCUT2D eigenvalue weighted by molar-refractivity contribution is 8.00. The maximum absolute atomic E-state index is 13.1. The van der Waals surface area contributed by atoms with Gasteiger partial charge in [0, 0.05) is 0 Å². The predicted molar refractivity (Wildman–Crippen MR) is 57.9 cm³/mol. The zero-order valence-electron chi connectivity index (χ0n) is 9.31. The van der Waals surface area contributed by atoms with Gasteiger partial charge in [0.1, 0.15) is 0 Å². The molecule has 0 bridgehead atoms. The summed E-state index contributed by atoms with van der Waals surface area (Å²) in [6, 6.07) is 5.86. The Morgan fingerprint density at radius 2 is 1.55 bits per heavy atom. The van der Waals surface area contributed by atoms with Crippen LogP contribution in [0.1, 0.15) is 0 Å². The first kappa shape index (κ1) is 14.9. The first-order chi connectivity index (χ1) is 9.04. The van der Waals surface area contributed by atoms with E-state index in [1.54, 1.807) is 0 Å². The van der Waals surface area contributed by atoms with Crippen molar-refractivity contribution in [2.24, 2.45) is 0 Å². The number of hydrogen-bond acceptors (Lipinski definition) is 2. The van der Waals surface area contributed by atoms with Gasteiger partial charge < -0.3 is 4.98 Å². The van der Waals surface area contributed by atoms with Crippen molar-refractivity contribution in [2.45, 2.75) is 22.5 Å². The third-order valence-electron chi connectivity index (χ3n) is 2.31. The van der Waals surface area contributed by atoms with E-state index in [9.17, 15) is 30.7 Å². The van der Waals surface area contributed by atoms with Crippen LogP contribution in [0, 0.1) is 0 Å². The van der Waals surface area contributed by atoms with Crippen LogP contribution in [0.25, 0.3) is 11.0 Å². The summed E-state index contributed by atoms with van der Waals surface area (Å²) in [6.45, 7) is 0. The van der Waals surface area contributed by atoms with E-state index in [1.165, 1.54) is 24.3 Å². The summed E-state index contributed by atoms with van der Waals surface area (Å²) in [6.07, 6.45) is -6.35. The lowest BCUT2D eigenvalue weighted by Gasteiger charge is -2.26. The summed E-state index contributed by atoms with van der Waals surface area (Å²) in [5.41, 5.74) is 0.433. The molecule has 0 aliphatic heterocycles. The summed E-state index contributed by atoms with van der Waals surface area (Å²) < 4.78 is 87.6. The van der Waals surface area contributed by atoms with E-state index in [2.05, 4.69) is 9.97 Å². The van der Waals surface area contributed by atoms with Crippen LogP contribution >= 0.6 is 11.8 Å². The second kappa shape index (κ2) is 4.54. The topological polar surface area (TPSA) is 28.7 Å². The number of para-hydroxylation sites is 2. The molecule has 0 aliphatic rings. The fourth-order valence-corrected chi connectivity index (χ4v) is 2.12. The number of alkyl halides is 7. The molecule has 2 rings (SSSR count). The Morgan fingerprint density at radius 3 is 2.10 bits per heavy atom. The molecule has 0 atom stereocenters. The summed E-state index contributed by atoms with van der Waals surface area (Å²) >= 11 is -0.965. The Balaban J connectivity index is 2.32. The number of benzene rings is 1. The lowest BCUT2D eigenvalue weighted by molar-refractivity contribution is -0.330. The molecule has 0 spiro atoms. The predicted octanol–water partition coefficient (Wildman–Crippen LogP) is 4.45. The molecule has 0 aliphatic carbocycles. The van der Waals surface area contributed by atoms with Gasteiger partial charge in [-0.3, -0.25) is 0 Å². The van der Waals surface area contributed by atoms with Gasteiger partial charge in [0.2, 0.25) is 0 Å². The molecule has 1 aromatic carbocycles. The largest absolute Gasteiger partial charge is 0.460 e. The number of imidazole rings is 1. The van der Waals surface area contributed by atoms with E-state index >= 15 is 0 Å². The number of H-pyrrole nitrogens is 1. The summed E-state index contributed by atoms with van der Waals surface area (Å²) in [5.74, 6) is -6.16. The minimum atomic E-state index is -6.35. The third kappa shape index (κ3) is 2.43. The maximum Gasteiger partial charge on any atom is 0.460 e. The lowest BCUT2D eigenvalue weighted by Crippen LogP contribution is -2.50. The zero-order chi connectivity index (χ0) is 15.2. The average Bonchev–Trinajstić information content (AvgIpc) is 2.68. The molecule has 0 saturated heterocycles. The molecule has 1 N–H and O–H groups in total. The lowest BCUT2D eigenvalue weighted by atomic mass is 10.3. The van der Waals surface area contributed by atoms with Crippen LogP contribution in [-0.2, 0) is 0 Å². The van der Waals surface area contributed by atoms with Crippen molar-refractivity contribution in [3.63, 3.8) is 0 Å². The molecule has 0 amide bonds. The number of rotatable bonds is 3. The van der Waals surface area contributed by atoms with Crippen molar-refractivity contribution >= 4 is 22.8 Å². The van der Waals surface area contributed by atoms with Gasteiger partial charge in [-0.15, -0.1) is 0 Å². The number of hydrogen-bond donors (Lipinski definition) is 1. The van der Waals surface area contributed by atoms with E-state index in [0.717, 1.165) is 0 Å². The van der Waals surface area contributed by atoms with Crippen molar-refractivity contribution in [1.29, 1.82) is 0 Å². The number of halogens is 7. The minimum Gasteiger partial charge on any atom is -0.333 e. The van der Waals surface area contributed by atoms with E-state index in [-0.39, 0.29) is 11.0 Å². The Morgan fingerprint density at radius 1 is 0.950 bits per heavy atom. The highest BCUT2D eigenvalue weighted by atomic mass is 32.2. The van der Waals surface area contributed by atoms with Gasteiger partial charge in [-0.05, 0) is 23.9 Å². The fourth-order valence-electron chi connectivity index (χ4n) is 1.33. The Hall–Kier alpha value is -1.45. The average molecular weight is 318 g/mol. The van der Waals surface area contributed by atoms with E-state index in [0.29, 0.717) is 0 Å². The number of nitrogens with one attached hydrogen (secondary N) is 1. The van der Waals surface area contributed by atoms with Gasteiger partial charge in [0.15, 0.2) is 5.16 Å². The van der Waals surface area contributed by atoms with Gasteiger partial charge in [-0.1, -0.05) is 12.1 Å². The monoisotopic (exact) mass is 318 g/mol. The van der Waals surface area contributed by atoms with E-state index < -0.39 is 34.3 Å². The van der Waals surface area contributed by atoms with Crippen molar-refractivity contribution in [3.8, 4) is 0 Å². The summed E-state index contributed by atoms with van der Waals surface area (Å²) in [7, 11) is 0.